The van der Waals surface area contributed by atoms with Crippen molar-refractivity contribution in [3.05, 3.63) is 94.9 Å². The second-order valence-corrected chi connectivity index (χ2v) is 9.50. The summed E-state index contributed by atoms with van der Waals surface area (Å²) in [5.41, 5.74) is 12.8. The summed E-state index contributed by atoms with van der Waals surface area (Å²) in [5, 5.41) is 3.10. The zero-order valence-electron chi connectivity index (χ0n) is 23.8. The number of fused-ring (bicyclic) bond motifs is 1. The molecule has 2 heterocycles. The maximum Gasteiger partial charge on any atom is 1.00 e. The number of rotatable bonds is 6. The minimum Gasteiger partial charge on any atom is -0.870 e. The third-order valence-corrected chi connectivity index (χ3v) is 6.37. The van der Waals surface area contributed by atoms with Crippen molar-refractivity contribution in [1.82, 2.24) is 4.98 Å². The summed E-state index contributed by atoms with van der Waals surface area (Å²) in [6.07, 6.45) is 3.09. The minimum absolute atomic E-state index is 0. The molecule has 1 atom stereocenters. The molecule has 3 aromatic rings. The van der Waals surface area contributed by atoms with Crippen LogP contribution >= 0.6 is 0 Å². The maximum absolute atomic E-state index is 13.7. The van der Waals surface area contributed by atoms with E-state index in [0.717, 1.165) is 45.9 Å². The first-order valence-electron chi connectivity index (χ1n) is 12.4. The molecule has 1 fully saturated rings. The summed E-state index contributed by atoms with van der Waals surface area (Å²) in [6, 6.07) is 12.0. The van der Waals surface area contributed by atoms with Gasteiger partial charge in [0.15, 0.2) is 0 Å². The van der Waals surface area contributed by atoms with E-state index in [0.29, 0.717) is 30.7 Å². The zero-order valence-corrected chi connectivity index (χ0v) is 26.9. The molecule has 2 aliphatic rings. The van der Waals surface area contributed by atoms with Gasteiger partial charge in [-0.2, -0.15) is 0 Å². The third kappa shape index (κ3) is 9.81. The number of aromatic nitrogens is 1. The Labute approximate surface area is 278 Å². The number of nitrogens with two attached hydrogens (primary N) is 2. The van der Waals surface area contributed by atoms with Crippen molar-refractivity contribution < 1.29 is 75.2 Å². The molecule has 1 aromatic heterocycles. The molecule has 6 N–H and O–H groups in total. The summed E-state index contributed by atoms with van der Waals surface area (Å²) >= 11 is 0. The van der Waals surface area contributed by atoms with E-state index in [4.69, 9.17) is 15.3 Å². The van der Waals surface area contributed by atoms with Gasteiger partial charge in [0, 0.05) is 34.9 Å². The van der Waals surface area contributed by atoms with E-state index >= 15 is 0 Å². The Balaban J connectivity index is 0.000000689. The first-order chi connectivity index (χ1) is 17.8. The standard InChI is InChI=1S/C16H17FN2O.C13H16FN.CH2O.K.H2N.H2O/c1-10-9-20-16-14(10)8-13(6-7-18)19-15(16)11-2-4-12(17)5-3-11;1-8-6-9(2)13(12(14)7-8)15-10(3)11-4-5-11;1-2;;;/h2-5,8,10H,6-7,9,18H2,1H3;6-7,11,15H,3-5H2,1-2H3;1H2;;2*1H2/q;;;+1;-1;/p-1. The van der Waals surface area contributed by atoms with E-state index in [1.54, 1.807) is 18.2 Å². The van der Waals surface area contributed by atoms with E-state index in [2.05, 4.69) is 29.9 Å². The smallest absolute Gasteiger partial charge is 0.870 e. The molecule has 5 rings (SSSR count). The van der Waals surface area contributed by atoms with Gasteiger partial charge in [0.1, 0.15) is 29.9 Å². The van der Waals surface area contributed by atoms with Crippen molar-refractivity contribution in [1.29, 1.82) is 0 Å². The molecule has 0 saturated heterocycles. The van der Waals surface area contributed by atoms with Gasteiger partial charge in [-0.1, -0.05) is 19.6 Å². The van der Waals surface area contributed by atoms with Crippen LogP contribution in [-0.4, -0.2) is 30.4 Å². The maximum atomic E-state index is 13.7. The molecule has 0 bridgehead atoms. The van der Waals surface area contributed by atoms with Crippen molar-refractivity contribution in [3.8, 4) is 17.0 Å². The molecule has 2 aromatic carbocycles. The Hall–Kier alpha value is -2.02. The predicted molar refractivity (Wildman–Crippen MR) is 152 cm³/mol. The Morgan fingerprint density at radius 2 is 1.75 bits per heavy atom. The number of carbonyl (C=O) groups excluding carboxylic acids is 1. The fourth-order valence-corrected chi connectivity index (χ4v) is 4.27. The molecule has 40 heavy (non-hydrogen) atoms. The predicted octanol–water partition coefficient (Wildman–Crippen LogP) is 4.02. The van der Waals surface area contributed by atoms with Crippen LogP contribution in [0.1, 0.15) is 48.1 Å². The molecule has 0 spiro atoms. The number of hydrogen-bond acceptors (Lipinski definition) is 6. The molecule has 7 nitrogen and oxygen atoms in total. The number of aryl methyl sites for hydroxylation is 2. The summed E-state index contributed by atoms with van der Waals surface area (Å²) in [4.78, 5) is 12.6. The second-order valence-electron chi connectivity index (χ2n) is 9.50. The quantitative estimate of drug-likeness (QED) is 0.423. The van der Waals surface area contributed by atoms with Crippen molar-refractivity contribution in [2.75, 3.05) is 18.5 Å². The fourth-order valence-electron chi connectivity index (χ4n) is 4.27. The number of hydrogen-bond donors (Lipinski definition) is 2. The van der Waals surface area contributed by atoms with Crippen LogP contribution in [0, 0.1) is 31.4 Å². The number of carbonyl (C=O) groups is 1. The molecule has 212 valence electrons. The van der Waals surface area contributed by atoms with Crippen molar-refractivity contribution >= 4 is 12.5 Å². The summed E-state index contributed by atoms with van der Waals surface area (Å²) in [6.45, 7) is 13.1. The van der Waals surface area contributed by atoms with E-state index in [-0.39, 0.29) is 74.6 Å². The fraction of sp³-hybridized carbons (Fsp3) is 0.333. The molecule has 0 radical (unpaired) electrons. The van der Waals surface area contributed by atoms with E-state index in [1.807, 2.05) is 26.7 Å². The number of nitrogens with zero attached hydrogens (tertiary/aromatic N) is 1. The number of allylic oxidation sites excluding steroid dienone is 1. The molecule has 0 amide bonds. The van der Waals surface area contributed by atoms with Gasteiger partial charge >= 0.3 is 51.4 Å². The van der Waals surface area contributed by atoms with Crippen LogP contribution in [-0.2, 0) is 11.2 Å². The van der Waals surface area contributed by atoms with Gasteiger partial charge < -0.3 is 32.2 Å². The van der Waals surface area contributed by atoms with Gasteiger partial charge in [-0.15, -0.1) is 0 Å². The zero-order chi connectivity index (χ0) is 27.1. The Bertz CT molecular complexity index is 1230. The van der Waals surface area contributed by atoms with E-state index in [1.165, 1.54) is 30.5 Å². The molecular formula is C30H38F2KN4O3-. The van der Waals surface area contributed by atoms with Gasteiger partial charge in [-0.05, 0) is 86.7 Å². The van der Waals surface area contributed by atoms with Crippen LogP contribution in [0.15, 0.2) is 54.7 Å². The third-order valence-electron chi connectivity index (χ3n) is 6.37. The van der Waals surface area contributed by atoms with Crippen LogP contribution in [0.3, 0.4) is 0 Å². The SMILES string of the molecule is C=C(Nc1c(C)cc(C)cc1F)C1CC1.C=O.CC1COc2c1cc(CCN)nc2-c1ccc(F)cc1.[K+].[NH2-].[OH-]. The summed E-state index contributed by atoms with van der Waals surface area (Å²) in [5.74, 6) is 1.28. The van der Waals surface area contributed by atoms with Gasteiger partial charge in [0.05, 0.1) is 12.3 Å². The van der Waals surface area contributed by atoms with Crippen LogP contribution in [0.25, 0.3) is 17.4 Å². The number of halogens is 2. The number of nitrogens with one attached hydrogen (secondary N) is 1. The van der Waals surface area contributed by atoms with Crippen molar-refractivity contribution in [2.45, 2.75) is 46.0 Å². The monoisotopic (exact) mass is 579 g/mol. The van der Waals surface area contributed by atoms with Crippen molar-refractivity contribution in [2.24, 2.45) is 11.7 Å². The molecule has 1 unspecified atom stereocenters. The minimum atomic E-state index is -0.252. The molecule has 10 heteroatoms. The molecule has 1 aliphatic heterocycles. The van der Waals surface area contributed by atoms with Gasteiger partial charge in [0.2, 0.25) is 0 Å². The number of pyridine rings is 1. The Morgan fingerprint density at radius 1 is 1.12 bits per heavy atom. The normalized spacial score (nSPS) is 14.2. The van der Waals surface area contributed by atoms with Crippen LogP contribution in [0.2, 0.25) is 0 Å². The van der Waals surface area contributed by atoms with Gasteiger partial charge in [-0.25, -0.2) is 13.8 Å². The van der Waals surface area contributed by atoms with Crippen LogP contribution in [0.4, 0.5) is 14.5 Å². The molecule has 1 aliphatic carbocycles. The Kier molecular flexibility index (Phi) is 16.8. The van der Waals surface area contributed by atoms with Crippen LogP contribution in [0.5, 0.6) is 5.75 Å². The first kappa shape index (κ1) is 38.0. The summed E-state index contributed by atoms with van der Waals surface area (Å²) in [7, 11) is 0. The molecule has 1 saturated carbocycles. The summed E-state index contributed by atoms with van der Waals surface area (Å²) < 4.78 is 32.5. The van der Waals surface area contributed by atoms with Crippen LogP contribution < -0.4 is 67.2 Å². The average Bonchev–Trinajstić information content (AvgIpc) is 3.67. The average molecular weight is 580 g/mol. The van der Waals surface area contributed by atoms with E-state index < -0.39 is 0 Å². The van der Waals surface area contributed by atoms with Gasteiger partial charge in [0.25, 0.3) is 0 Å². The number of benzene rings is 2. The van der Waals surface area contributed by atoms with Gasteiger partial charge in [-0.3, -0.25) is 0 Å². The van der Waals surface area contributed by atoms with E-state index in [9.17, 15) is 8.78 Å². The largest absolute Gasteiger partial charge is 1.00 e. The topological polar surface area (TPSA) is 141 Å². The first-order valence-corrected chi connectivity index (χ1v) is 12.4. The second kappa shape index (κ2) is 17.7. The molecular weight excluding hydrogens is 541 g/mol. The number of anilines is 1. The van der Waals surface area contributed by atoms with Crippen molar-refractivity contribution in [3.63, 3.8) is 0 Å². The number of ether oxygens (including phenoxy) is 1. The Morgan fingerprint density at radius 3 is 2.30 bits per heavy atom.